The second kappa shape index (κ2) is 6.42. The normalized spacial score (nSPS) is 14.2. The van der Waals surface area contributed by atoms with E-state index >= 15 is 0 Å². The van der Waals surface area contributed by atoms with Crippen LogP contribution in [0.3, 0.4) is 0 Å². The number of hydrogen-bond acceptors (Lipinski definition) is 3. The lowest BCUT2D eigenvalue weighted by Crippen LogP contribution is -2.30. The van der Waals surface area contributed by atoms with E-state index in [0.29, 0.717) is 17.8 Å². The van der Waals surface area contributed by atoms with Gasteiger partial charge in [-0.2, -0.15) is 0 Å². The third kappa shape index (κ3) is 3.84. The summed E-state index contributed by atoms with van der Waals surface area (Å²) in [4.78, 5) is 2.77. The Labute approximate surface area is 125 Å². The second-order valence-corrected chi connectivity index (χ2v) is 6.99. The van der Waals surface area contributed by atoms with E-state index in [-0.39, 0.29) is 0 Å². The minimum atomic E-state index is 0.326. The van der Waals surface area contributed by atoms with Crippen LogP contribution in [0.4, 0.5) is 0 Å². The van der Waals surface area contributed by atoms with Crippen molar-refractivity contribution in [1.82, 2.24) is 5.32 Å². The van der Waals surface area contributed by atoms with Gasteiger partial charge >= 0.3 is 0 Å². The Hall–Kier alpha value is -1.32. The molecule has 0 fully saturated rings. The van der Waals surface area contributed by atoms with E-state index in [2.05, 4.69) is 39.1 Å². The zero-order valence-electron chi connectivity index (χ0n) is 12.6. The molecule has 1 heterocycles. The molecule has 0 spiro atoms. The van der Waals surface area contributed by atoms with Crippen molar-refractivity contribution < 1.29 is 5.11 Å². The molecule has 0 aliphatic heterocycles. The molecule has 1 aromatic carbocycles. The van der Waals surface area contributed by atoms with Gasteiger partial charge in [0, 0.05) is 21.8 Å². The molecule has 20 heavy (non-hydrogen) atoms. The summed E-state index contributed by atoms with van der Waals surface area (Å²) in [5.74, 6) is 0.326. The first kappa shape index (κ1) is 15.1. The van der Waals surface area contributed by atoms with Gasteiger partial charge in [-0.1, -0.05) is 12.1 Å². The standard InChI is InChI=1S/C17H23NOS/c1-11(9-15-5-7-16(19)8-6-15)18-13(3)17-10-12(2)20-14(17)4/h5-8,10-11,13,18-19H,9H2,1-4H3. The lowest BCUT2D eigenvalue weighted by atomic mass is 10.0. The van der Waals surface area contributed by atoms with Crippen LogP contribution >= 0.6 is 11.3 Å². The van der Waals surface area contributed by atoms with Crippen LogP contribution in [0, 0.1) is 13.8 Å². The van der Waals surface area contributed by atoms with E-state index in [9.17, 15) is 5.11 Å². The van der Waals surface area contributed by atoms with Gasteiger partial charge in [0.15, 0.2) is 0 Å². The molecule has 0 saturated heterocycles. The van der Waals surface area contributed by atoms with E-state index in [1.165, 1.54) is 20.9 Å². The summed E-state index contributed by atoms with van der Waals surface area (Å²) < 4.78 is 0. The van der Waals surface area contributed by atoms with Crippen molar-refractivity contribution in [3.05, 3.63) is 51.2 Å². The molecule has 2 rings (SSSR count). The van der Waals surface area contributed by atoms with E-state index < -0.39 is 0 Å². The van der Waals surface area contributed by atoms with Crippen LogP contribution in [-0.2, 0) is 6.42 Å². The third-order valence-electron chi connectivity index (χ3n) is 3.56. The molecular weight excluding hydrogens is 266 g/mol. The Morgan fingerprint density at radius 1 is 1.15 bits per heavy atom. The Morgan fingerprint density at radius 3 is 2.35 bits per heavy atom. The molecule has 3 heteroatoms. The highest BCUT2D eigenvalue weighted by Gasteiger charge is 2.13. The molecule has 0 aliphatic rings. The van der Waals surface area contributed by atoms with Crippen molar-refractivity contribution in [3.8, 4) is 5.75 Å². The van der Waals surface area contributed by atoms with Crippen LogP contribution in [0.5, 0.6) is 5.75 Å². The maximum absolute atomic E-state index is 9.30. The van der Waals surface area contributed by atoms with Crippen LogP contribution in [0.2, 0.25) is 0 Å². The summed E-state index contributed by atoms with van der Waals surface area (Å²) in [6.45, 7) is 8.78. The average molecular weight is 289 g/mol. The Morgan fingerprint density at radius 2 is 1.80 bits per heavy atom. The first-order valence-electron chi connectivity index (χ1n) is 7.06. The maximum Gasteiger partial charge on any atom is 0.115 e. The summed E-state index contributed by atoms with van der Waals surface area (Å²) in [7, 11) is 0. The van der Waals surface area contributed by atoms with E-state index in [4.69, 9.17) is 0 Å². The molecule has 2 unspecified atom stereocenters. The molecule has 2 N–H and O–H groups in total. The van der Waals surface area contributed by atoms with E-state index in [0.717, 1.165) is 6.42 Å². The highest BCUT2D eigenvalue weighted by molar-refractivity contribution is 7.12. The fourth-order valence-corrected chi connectivity index (χ4v) is 3.66. The first-order valence-corrected chi connectivity index (χ1v) is 7.88. The van der Waals surface area contributed by atoms with Crippen LogP contribution < -0.4 is 5.32 Å². The Kier molecular flexibility index (Phi) is 4.84. The predicted octanol–water partition coefficient (Wildman–Crippen LogP) is 4.35. The molecule has 0 amide bonds. The zero-order valence-corrected chi connectivity index (χ0v) is 13.4. The third-order valence-corrected chi connectivity index (χ3v) is 4.54. The molecule has 0 radical (unpaired) electrons. The van der Waals surface area contributed by atoms with Gasteiger partial charge < -0.3 is 10.4 Å². The lowest BCUT2D eigenvalue weighted by molar-refractivity contribution is 0.470. The van der Waals surface area contributed by atoms with Crippen LogP contribution in [0.25, 0.3) is 0 Å². The van der Waals surface area contributed by atoms with Crippen LogP contribution in [0.1, 0.15) is 40.8 Å². The van der Waals surface area contributed by atoms with Gasteiger partial charge in [-0.25, -0.2) is 0 Å². The Bertz CT molecular complexity index is 559. The molecule has 2 atom stereocenters. The summed E-state index contributed by atoms with van der Waals surface area (Å²) in [5, 5.41) is 13.0. The van der Waals surface area contributed by atoms with Crippen LogP contribution in [0.15, 0.2) is 30.3 Å². The van der Waals surface area contributed by atoms with Gasteiger partial charge in [0.2, 0.25) is 0 Å². The molecule has 0 saturated carbocycles. The highest BCUT2D eigenvalue weighted by atomic mass is 32.1. The monoisotopic (exact) mass is 289 g/mol. The predicted molar refractivity (Wildman–Crippen MR) is 86.6 cm³/mol. The minimum Gasteiger partial charge on any atom is -0.508 e. The number of phenolic OH excluding ortho intramolecular Hbond substituents is 1. The quantitative estimate of drug-likeness (QED) is 0.857. The largest absolute Gasteiger partial charge is 0.508 e. The van der Waals surface area contributed by atoms with E-state index in [1.807, 2.05) is 23.5 Å². The summed E-state index contributed by atoms with van der Waals surface area (Å²) >= 11 is 1.86. The fourth-order valence-electron chi connectivity index (χ4n) is 2.64. The van der Waals surface area contributed by atoms with Gasteiger partial charge in [-0.15, -0.1) is 11.3 Å². The van der Waals surface area contributed by atoms with Crippen LogP contribution in [-0.4, -0.2) is 11.1 Å². The van der Waals surface area contributed by atoms with Gasteiger partial charge in [0.25, 0.3) is 0 Å². The topological polar surface area (TPSA) is 32.3 Å². The van der Waals surface area contributed by atoms with Crippen molar-refractivity contribution in [2.24, 2.45) is 0 Å². The fraction of sp³-hybridized carbons (Fsp3) is 0.412. The van der Waals surface area contributed by atoms with E-state index in [1.54, 1.807) is 12.1 Å². The van der Waals surface area contributed by atoms with Gasteiger partial charge in [-0.05, 0) is 63.4 Å². The van der Waals surface area contributed by atoms with Crippen molar-refractivity contribution in [2.75, 3.05) is 0 Å². The molecule has 2 aromatic rings. The molecule has 0 aliphatic carbocycles. The number of rotatable bonds is 5. The van der Waals surface area contributed by atoms with Gasteiger partial charge in [0.1, 0.15) is 5.75 Å². The van der Waals surface area contributed by atoms with Gasteiger partial charge in [-0.3, -0.25) is 0 Å². The zero-order chi connectivity index (χ0) is 14.7. The number of hydrogen-bond donors (Lipinski definition) is 2. The lowest BCUT2D eigenvalue weighted by Gasteiger charge is -2.20. The van der Waals surface area contributed by atoms with Crippen molar-refractivity contribution >= 4 is 11.3 Å². The number of benzene rings is 1. The SMILES string of the molecule is Cc1cc(C(C)NC(C)Cc2ccc(O)cc2)c(C)s1. The molecular formula is C17H23NOS. The van der Waals surface area contributed by atoms with Crippen molar-refractivity contribution in [1.29, 1.82) is 0 Å². The van der Waals surface area contributed by atoms with Crippen molar-refractivity contribution in [2.45, 2.75) is 46.2 Å². The van der Waals surface area contributed by atoms with Gasteiger partial charge in [0.05, 0.1) is 0 Å². The minimum absolute atomic E-state index is 0.326. The number of aryl methyl sites for hydroxylation is 2. The summed E-state index contributed by atoms with van der Waals surface area (Å²) in [5.41, 5.74) is 2.65. The van der Waals surface area contributed by atoms with Crippen molar-refractivity contribution in [3.63, 3.8) is 0 Å². The molecule has 108 valence electrons. The highest BCUT2D eigenvalue weighted by Crippen LogP contribution is 2.26. The number of aromatic hydroxyl groups is 1. The molecule has 0 bridgehead atoms. The number of phenols is 1. The summed E-state index contributed by atoms with van der Waals surface area (Å²) in [6, 6.07) is 10.5. The first-order chi connectivity index (χ1) is 9.45. The molecule has 1 aromatic heterocycles. The number of nitrogens with one attached hydrogen (secondary N) is 1. The molecule has 2 nitrogen and oxygen atoms in total. The second-order valence-electron chi connectivity index (χ2n) is 5.53. The smallest absolute Gasteiger partial charge is 0.115 e. The summed E-state index contributed by atoms with van der Waals surface area (Å²) in [6.07, 6.45) is 0.965. The number of thiophene rings is 1. The maximum atomic E-state index is 9.30. The average Bonchev–Trinajstić information content (AvgIpc) is 2.71. The Balaban J connectivity index is 1.95.